The van der Waals surface area contributed by atoms with Crippen molar-refractivity contribution in [2.24, 2.45) is 0 Å². The Labute approximate surface area is 117 Å². The largest absolute Gasteiger partial charge is 0.378 e. The Morgan fingerprint density at radius 3 is 2.85 bits per heavy atom. The second-order valence-electron chi connectivity index (χ2n) is 4.75. The highest BCUT2D eigenvalue weighted by atomic mass is 16.6. The van der Waals surface area contributed by atoms with Crippen LogP contribution in [0.3, 0.4) is 0 Å². The molecule has 1 atom stereocenters. The molecule has 0 bridgehead atoms. The first kappa shape index (κ1) is 14.0. The number of hydrogen-bond donors (Lipinski definition) is 1. The zero-order valence-corrected chi connectivity index (χ0v) is 11.8. The molecule has 0 fully saturated rings. The highest BCUT2D eigenvalue weighted by Gasteiger charge is 2.13. The predicted molar refractivity (Wildman–Crippen MR) is 77.8 cm³/mol. The number of aryl methyl sites for hydroxylation is 2. The third-order valence-electron chi connectivity index (χ3n) is 3.27. The fraction of sp³-hybridized carbons (Fsp3) is 0.357. The van der Waals surface area contributed by atoms with E-state index >= 15 is 0 Å². The van der Waals surface area contributed by atoms with Crippen LogP contribution in [0.15, 0.2) is 30.6 Å². The van der Waals surface area contributed by atoms with Gasteiger partial charge in [0.2, 0.25) is 0 Å². The normalized spacial score (nSPS) is 12.2. The Bertz CT molecular complexity index is 621. The first-order valence-corrected chi connectivity index (χ1v) is 6.55. The minimum Gasteiger partial charge on any atom is -0.378 e. The molecule has 6 nitrogen and oxygen atoms in total. The van der Waals surface area contributed by atoms with E-state index in [2.05, 4.69) is 10.4 Å². The molecule has 2 rings (SSSR count). The summed E-state index contributed by atoms with van der Waals surface area (Å²) in [4.78, 5) is 10.6. The fourth-order valence-electron chi connectivity index (χ4n) is 2.01. The smallest absolute Gasteiger partial charge is 0.274 e. The lowest BCUT2D eigenvalue weighted by molar-refractivity contribution is -0.385. The Kier molecular flexibility index (Phi) is 4.02. The summed E-state index contributed by atoms with van der Waals surface area (Å²) in [5.74, 6) is 0. The second kappa shape index (κ2) is 5.73. The molecule has 1 aromatic heterocycles. The zero-order chi connectivity index (χ0) is 14.7. The standard InChI is InChI=1S/C14H18N4O2/c1-4-17-9-12(8-15-17)11(3)16-13-6-5-10(2)14(7-13)18(19)20/h5-9,11,16H,4H2,1-3H3. The van der Waals surface area contributed by atoms with E-state index in [1.54, 1.807) is 19.1 Å². The molecule has 0 aliphatic rings. The number of anilines is 1. The van der Waals surface area contributed by atoms with Crippen molar-refractivity contribution in [1.29, 1.82) is 0 Å². The van der Waals surface area contributed by atoms with Gasteiger partial charge in [0.15, 0.2) is 0 Å². The molecule has 0 spiro atoms. The lowest BCUT2D eigenvalue weighted by atomic mass is 10.1. The van der Waals surface area contributed by atoms with Gasteiger partial charge in [-0.25, -0.2) is 0 Å². The van der Waals surface area contributed by atoms with Crippen LogP contribution in [0.4, 0.5) is 11.4 Å². The van der Waals surface area contributed by atoms with E-state index < -0.39 is 0 Å². The molecule has 20 heavy (non-hydrogen) atoms. The van der Waals surface area contributed by atoms with Crippen molar-refractivity contribution in [3.8, 4) is 0 Å². The van der Waals surface area contributed by atoms with Gasteiger partial charge in [0, 0.05) is 35.6 Å². The van der Waals surface area contributed by atoms with E-state index in [-0.39, 0.29) is 16.7 Å². The van der Waals surface area contributed by atoms with Crippen molar-refractivity contribution in [2.75, 3.05) is 5.32 Å². The second-order valence-corrected chi connectivity index (χ2v) is 4.75. The zero-order valence-electron chi connectivity index (χ0n) is 11.8. The lowest BCUT2D eigenvalue weighted by Gasteiger charge is -2.13. The number of nitro benzene ring substituents is 1. The van der Waals surface area contributed by atoms with Gasteiger partial charge < -0.3 is 5.32 Å². The van der Waals surface area contributed by atoms with Crippen molar-refractivity contribution < 1.29 is 4.92 Å². The molecular weight excluding hydrogens is 256 g/mol. The molecule has 0 aliphatic carbocycles. The molecule has 0 aliphatic heterocycles. The maximum absolute atomic E-state index is 10.9. The van der Waals surface area contributed by atoms with Crippen LogP contribution in [0, 0.1) is 17.0 Å². The molecule has 0 saturated carbocycles. The van der Waals surface area contributed by atoms with Crippen LogP contribution in [-0.4, -0.2) is 14.7 Å². The van der Waals surface area contributed by atoms with E-state index in [9.17, 15) is 10.1 Å². The van der Waals surface area contributed by atoms with Gasteiger partial charge in [-0.2, -0.15) is 5.10 Å². The summed E-state index contributed by atoms with van der Waals surface area (Å²) in [7, 11) is 0. The molecule has 0 radical (unpaired) electrons. The molecule has 1 aromatic carbocycles. The molecule has 1 heterocycles. The third-order valence-corrected chi connectivity index (χ3v) is 3.27. The highest BCUT2D eigenvalue weighted by molar-refractivity contribution is 5.55. The van der Waals surface area contributed by atoms with Gasteiger partial charge in [0.25, 0.3) is 5.69 Å². The molecular formula is C14H18N4O2. The first-order chi connectivity index (χ1) is 9.51. The summed E-state index contributed by atoms with van der Waals surface area (Å²) in [6.45, 7) is 6.58. The van der Waals surface area contributed by atoms with Gasteiger partial charge in [-0.05, 0) is 26.8 Å². The number of nitrogens with zero attached hydrogens (tertiary/aromatic N) is 3. The minimum absolute atomic E-state index is 0.0395. The lowest BCUT2D eigenvalue weighted by Crippen LogP contribution is -2.06. The Morgan fingerprint density at radius 1 is 1.50 bits per heavy atom. The van der Waals surface area contributed by atoms with Crippen molar-refractivity contribution >= 4 is 11.4 Å². The van der Waals surface area contributed by atoms with E-state index in [1.165, 1.54) is 0 Å². The van der Waals surface area contributed by atoms with Gasteiger partial charge in [0.05, 0.1) is 17.2 Å². The third kappa shape index (κ3) is 2.96. The van der Waals surface area contributed by atoms with Gasteiger partial charge in [-0.15, -0.1) is 0 Å². The van der Waals surface area contributed by atoms with Crippen LogP contribution in [0.1, 0.15) is 31.0 Å². The number of hydrogen-bond acceptors (Lipinski definition) is 4. The van der Waals surface area contributed by atoms with Crippen LogP contribution in [0.25, 0.3) is 0 Å². The number of benzene rings is 1. The Morgan fingerprint density at radius 2 is 2.25 bits per heavy atom. The van der Waals surface area contributed by atoms with E-state index in [1.807, 2.05) is 37.0 Å². The van der Waals surface area contributed by atoms with Crippen molar-refractivity contribution in [1.82, 2.24) is 9.78 Å². The monoisotopic (exact) mass is 274 g/mol. The van der Waals surface area contributed by atoms with Crippen molar-refractivity contribution in [3.05, 3.63) is 51.8 Å². The maximum Gasteiger partial charge on any atom is 0.274 e. The molecule has 106 valence electrons. The van der Waals surface area contributed by atoms with Crippen molar-refractivity contribution in [3.63, 3.8) is 0 Å². The average Bonchev–Trinajstić information content (AvgIpc) is 2.89. The molecule has 1 unspecified atom stereocenters. The molecule has 2 aromatic rings. The van der Waals surface area contributed by atoms with Gasteiger partial charge in [0.1, 0.15) is 0 Å². The molecule has 1 N–H and O–H groups in total. The van der Waals surface area contributed by atoms with Crippen LogP contribution in [0.5, 0.6) is 0 Å². The van der Waals surface area contributed by atoms with Gasteiger partial charge in [-0.3, -0.25) is 14.8 Å². The minimum atomic E-state index is -0.361. The maximum atomic E-state index is 10.9. The SMILES string of the molecule is CCn1cc(C(C)Nc2ccc(C)c([N+](=O)[O-])c2)cn1. The molecule has 0 saturated heterocycles. The fourth-order valence-corrected chi connectivity index (χ4v) is 2.01. The topological polar surface area (TPSA) is 73.0 Å². The first-order valence-electron chi connectivity index (χ1n) is 6.55. The average molecular weight is 274 g/mol. The summed E-state index contributed by atoms with van der Waals surface area (Å²) >= 11 is 0. The van der Waals surface area contributed by atoms with Crippen LogP contribution in [0.2, 0.25) is 0 Å². The number of aromatic nitrogens is 2. The Balaban J connectivity index is 2.17. The number of nitro groups is 1. The Hall–Kier alpha value is -2.37. The number of nitrogens with one attached hydrogen (secondary N) is 1. The van der Waals surface area contributed by atoms with Gasteiger partial charge in [-0.1, -0.05) is 6.07 Å². The summed E-state index contributed by atoms with van der Waals surface area (Å²) in [6.07, 6.45) is 3.78. The van der Waals surface area contributed by atoms with Crippen LogP contribution < -0.4 is 5.32 Å². The summed E-state index contributed by atoms with van der Waals surface area (Å²) in [5.41, 5.74) is 2.58. The predicted octanol–water partition coefficient (Wildman–Crippen LogP) is 3.29. The molecule has 0 amide bonds. The van der Waals surface area contributed by atoms with Crippen LogP contribution in [-0.2, 0) is 6.54 Å². The summed E-state index contributed by atoms with van der Waals surface area (Å²) < 4.78 is 1.85. The summed E-state index contributed by atoms with van der Waals surface area (Å²) in [6, 6.07) is 5.21. The summed E-state index contributed by atoms with van der Waals surface area (Å²) in [5, 5.41) is 18.4. The van der Waals surface area contributed by atoms with Crippen molar-refractivity contribution in [2.45, 2.75) is 33.4 Å². The molecule has 6 heteroatoms. The highest BCUT2D eigenvalue weighted by Crippen LogP contribution is 2.25. The number of rotatable bonds is 5. The van der Waals surface area contributed by atoms with E-state index in [4.69, 9.17) is 0 Å². The van der Waals surface area contributed by atoms with E-state index in [0.29, 0.717) is 5.56 Å². The van der Waals surface area contributed by atoms with Crippen LogP contribution >= 0.6 is 0 Å². The van der Waals surface area contributed by atoms with Gasteiger partial charge >= 0.3 is 0 Å². The van der Waals surface area contributed by atoms with E-state index in [0.717, 1.165) is 17.8 Å². The quantitative estimate of drug-likeness (QED) is 0.670.